The van der Waals surface area contributed by atoms with Gasteiger partial charge in [0.2, 0.25) is 0 Å². The number of fused-ring (bicyclic) bond motifs is 1. The second kappa shape index (κ2) is 7.54. The first-order chi connectivity index (χ1) is 14.2. The molecule has 2 N–H and O–H groups in total. The Labute approximate surface area is 174 Å². The van der Waals surface area contributed by atoms with Crippen molar-refractivity contribution in [2.45, 2.75) is 25.8 Å². The summed E-state index contributed by atoms with van der Waals surface area (Å²) in [6, 6.07) is 12.7. The summed E-state index contributed by atoms with van der Waals surface area (Å²) in [7, 11) is 0. The van der Waals surface area contributed by atoms with Crippen LogP contribution in [0.1, 0.15) is 18.4 Å². The summed E-state index contributed by atoms with van der Waals surface area (Å²) in [6.45, 7) is 4.10. The third-order valence-electron chi connectivity index (χ3n) is 5.62. The second-order valence-electron chi connectivity index (χ2n) is 7.56. The highest BCUT2D eigenvalue weighted by molar-refractivity contribution is 7.13. The summed E-state index contributed by atoms with van der Waals surface area (Å²) in [5, 5.41) is 4.11. The molecule has 0 amide bonds. The molecule has 1 aromatic carbocycles. The molecule has 29 heavy (non-hydrogen) atoms. The molecular weight excluding hydrogens is 378 g/mol. The number of nitrogens with zero attached hydrogens (tertiary/aromatic N) is 4. The average Bonchev–Trinajstić information content (AvgIpc) is 3.29. The van der Waals surface area contributed by atoms with Crippen LogP contribution in [-0.2, 0) is 0 Å². The van der Waals surface area contributed by atoms with E-state index in [-0.39, 0.29) is 6.04 Å². The zero-order valence-electron chi connectivity index (χ0n) is 16.4. The van der Waals surface area contributed by atoms with Gasteiger partial charge in [-0.15, -0.1) is 11.3 Å². The minimum absolute atomic E-state index is 0.229. The second-order valence-corrected chi connectivity index (χ2v) is 8.45. The molecule has 0 spiro atoms. The minimum Gasteiger partial charge on any atom is -0.369 e. The molecule has 146 valence electrons. The third kappa shape index (κ3) is 3.39. The molecule has 1 aliphatic rings. The van der Waals surface area contributed by atoms with Gasteiger partial charge >= 0.3 is 0 Å². The molecule has 3 aromatic heterocycles. The largest absolute Gasteiger partial charge is 0.369 e. The first-order valence-corrected chi connectivity index (χ1v) is 10.8. The lowest BCUT2D eigenvalue weighted by molar-refractivity contribution is 0.507. The van der Waals surface area contributed by atoms with Crippen LogP contribution in [0.25, 0.3) is 32.9 Å². The van der Waals surface area contributed by atoms with Gasteiger partial charge in [-0.3, -0.25) is 4.98 Å². The Balaban J connectivity index is 1.64. The van der Waals surface area contributed by atoms with Crippen molar-refractivity contribution in [2.75, 3.05) is 18.0 Å². The number of piperidine rings is 1. The molecule has 1 fully saturated rings. The fraction of sp³-hybridized carbons (Fsp3) is 0.261. The van der Waals surface area contributed by atoms with Crippen molar-refractivity contribution in [1.29, 1.82) is 0 Å². The Morgan fingerprint density at radius 3 is 2.79 bits per heavy atom. The lowest BCUT2D eigenvalue weighted by atomic mass is 9.97. The van der Waals surface area contributed by atoms with Crippen molar-refractivity contribution < 1.29 is 0 Å². The standard InChI is InChI=1S/C23H23N5S/c1-15-17(18-5-2-6-20(27-18)23-26-11-13-29-23)7-8-19-22(15)21(9-10-25-19)28-12-3-4-16(24)14-28/h2,5-11,13,16H,3-4,12,14,24H2,1H3. The molecule has 4 heterocycles. The summed E-state index contributed by atoms with van der Waals surface area (Å²) in [5.41, 5.74) is 12.7. The van der Waals surface area contributed by atoms with Gasteiger partial charge in [0.25, 0.3) is 0 Å². The van der Waals surface area contributed by atoms with E-state index in [4.69, 9.17) is 10.7 Å². The van der Waals surface area contributed by atoms with Crippen LogP contribution >= 0.6 is 11.3 Å². The number of hydrogen-bond acceptors (Lipinski definition) is 6. The van der Waals surface area contributed by atoms with E-state index in [1.54, 1.807) is 11.3 Å². The highest BCUT2D eigenvalue weighted by Gasteiger charge is 2.20. The lowest BCUT2D eigenvalue weighted by Crippen LogP contribution is -2.42. The average molecular weight is 402 g/mol. The van der Waals surface area contributed by atoms with E-state index in [0.29, 0.717) is 0 Å². The van der Waals surface area contributed by atoms with Crippen LogP contribution < -0.4 is 10.6 Å². The number of aromatic nitrogens is 3. The summed E-state index contributed by atoms with van der Waals surface area (Å²) in [5.74, 6) is 0. The molecule has 6 heteroatoms. The van der Waals surface area contributed by atoms with Crippen LogP contribution in [0.3, 0.4) is 0 Å². The molecular formula is C23H23N5S. The predicted octanol–water partition coefficient (Wildman–Crippen LogP) is 4.66. The maximum Gasteiger partial charge on any atom is 0.141 e. The van der Waals surface area contributed by atoms with E-state index in [9.17, 15) is 0 Å². The highest BCUT2D eigenvalue weighted by Crippen LogP contribution is 2.35. The van der Waals surface area contributed by atoms with Crippen molar-refractivity contribution in [3.05, 3.63) is 59.7 Å². The number of anilines is 1. The number of hydrogen-bond donors (Lipinski definition) is 1. The van der Waals surface area contributed by atoms with Crippen molar-refractivity contribution in [2.24, 2.45) is 5.73 Å². The summed E-state index contributed by atoms with van der Waals surface area (Å²) >= 11 is 1.61. The normalized spacial score (nSPS) is 17.0. The Hall–Kier alpha value is -2.83. The fourth-order valence-corrected chi connectivity index (χ4v) is 4.83. The van der Waals surface area contributed by atoms with E-state index in [2.05, 4.69) is 52.1 Å². The quantitative estimate of drug-likeness (QED) is 0.541. The monoisotopic (exact) mass is 401 g/mol. The van der Waals surface area contributed by atoms with E-state index in [1.807, 2.05) is 23.8 Å². The molecule has 1 unspecified atom stereocenters. The van der Waals surface area contributed by atoms with Gasteiger partial charge < -0.3 is 10.6 Å². The Bertz CT molecular complexity index is 1160. The van der Waals surface area contributed by atoms with Gasteiger partial charge in [0.1, 0.15) is 5.01 Å². The zero-order valence-corrected chi connectivity index (χ0v) is 17.2. The van der Waals surface area contributed by atoms with Crippen LogP contribution in [0.15, 0.2) is 54.2 Å². The minimum atomic E-state index is 0.229. The maximum absolute atomic E-state index is 6.26. The smallest absolute Gasteiger partial charge is 0.141 e. The summed E-state index contributed by atoms with van der Waals surface area (Å²) in [6.07, 6.45) is 5.94. The van der Waals surface area contributed by atoms with Crippen molar-refractivity contribution in [3.8, 4) is 22.0 Å². The molecule has 4 aromatic rings. The molecule has 5 rings (SSSR count). The summed E-state index contributed by atoms with van der Waals surface area (Å²) < 4.78 is 0. The molecule has 5 nitrogen and oxygen atoms in total. The molecule has 1 saturated heterocycles. The Morgan fingerprint density at radius 1 is 1.07 bits per heavy atom. The number of nitrogens with two attached hydrogens (primary N) is 1. The van der Waals surface area contributed by atoms with E-state index < -0.39 is 0 Å². The van der Waals surface area contributed by atoms with Gasteiger partial charge in [0, 0.05) is 53.5 Å². The van der Waals surface area contributed by atoms with Crippen molar-refractivity contribution in [1.82, 2.24) is 15.0 Å². The molecule has 0 bridgehead atoms. The van der Waals surface area contributed by atoms with Gasteiger partial charge in [0.15, 0.2) is 0 Å². The first kappa shape index (κ1) is 18.2. The zero-order chi connectivity index (χ0) is 19.8. The first-order valence-electron chi connectivity index (χ1n) is 9.97. The van der Waals surface area contributed by atoms with Crippen LogP contribution in [-0.4, -0.2) is 34.1 Å². The maximum atomic E-state index is 6.26. The van der Waals surface area contributed by atoms with Gasteiger partial charge in [-0.05, 0) is 49.6 Å². The Kier molecular flexibility index (Phi) is 4.73. The highest BCUT2D eigenvalue weighted by atomic mass is 32.1. The topological polar surface area (TPSA) is 67.9 Å². The van der Waals surface area contributed by atoms with E-state index in [0.717, 1.165) is 53.4 Å². The third-order valence-corrected chi connectivity index (χ3v) is 6.42. The Morgan fingerprint density at radius 2 is 1.97 bits per heavy atom. The number of pyridine rings is 2. The lowest BCUT2D eigenvalue weighted by Gasteiger charge is -2.33. The molecule has 0 radical (unpaired) electrons. The van der Waals surface area contributed by atoms with Gasteiger partial charge in [-0.2, -0.15) is 0 Å². The molecule has 0 aliphatic carbocycles. The van der Waals surface area contributed by atoms with Gasteiger partial charge in [-0.1, -0.05) is 12.1 Å². The van der Waals surface area contributed by atoms with Crippen molar-refractivity contribution >= 4 is 27.9 Å². The van der Waals surface area contributed by atoms with E-state index in [1.165, 1.54) is 16.6 Å². The number of aryl methyl sites for hydroxylation is 1. The molecule has 0 saturated carbocycles. The van der Waals surface area contributed by atoms with E-state index >= 15 is 0 Å². The van der Waals surface area contributed by atoms with Crippen LogP contribution in [0.4, 0.5) is 5.69 Å². The van der Waals surface area contributed by atoms with Crippen LogP contribution in [0.5, 0.6) is 0 Å². The summed E-state index contributed by atoms with van der Waals surface area (Å²) in [4.78, 5) is 16.3. The van der Waals surface area contributed by atoms with Crippen molar-refractivity contribution in [3.63, 3.8) is 0 Å². The van der Waals surface area contributed by atoms with Gasteiger partial charge in [0.05, 0.1) is 16.9 Å². The van der Waals surface area contributed by atoms with Crippen LogP contribution in [0.2, 0.25) is 0 Å². The number of benzene rings is 1. The molecule has 1 atom stereocenters. The molecule has 1 aliphatic heterocycles. The van der Waals surface area contributed by atoms with Gasteiger partial charge in [-0.25, -0.2) is 9.97 Å². The number of thiazole rings is 1. The number of rotatable bonds is 3. The SMILES string of the molecule is Cc1c(-c2cccc(-c3nccs3)n2)ccc2nccc(N3CCCC(N)C3)c12. The van der Waals surface area contributed by atoms with Crippen LogP contribution in [0, 0.1) is 6.92 Å². The fourth-order valence-electron chi connectivity index (χ4n) is 4.22. The predicted molar refractivity (Wildman–Crippen MR) is 120 cm³/mol.